The molecule has 3 atom stereocenters. The molecule has 3 nitrogen and oxygen atoms in total. The molecule has 1 aromatic rings. The normalized spacial score (nSPS) is 23.2. The van der Waals surface area contributed by atoms with E-state index in [-0.39, 0.29) is 0 Å². The van der Waals surface area contributed by atoms with Crippen molar-refractivity contribution in [2.45, 2.75) is 45.8 Å². The molecule has 1 aliphatic carbocycles. The highest BCUT2D eigenvalue weighted by Crippen LogP contribution is 2.30. The van der Waals surface area contributed by atoms with Crippen molar-refractivity contribution in [3.63, 3.8) is 0 Å². The molecule has 1 fully saturated rings. The molecule has 0 aromatic heterocycles. The molecule has 0 aliphatic heterocycles. The monoisotopic (exact) mass is 291 g/mol. The zero-order valence-corrected chi connectivity index (χ0v) is 13.8. The first kappa shape index (κ1) is 16.3. The Balaban J connectivity index is 1.95. The third-order valence-electron chi connectivity index (χ3n) is 4.62. The second-order valence-corrected chi connectivity index (χ2v) is 6.42. The Morgan fingerprint density at radius 1 is 1.29 bits per heavy atom. The van der Waals surface area contributed by atoms with Crippen molar-refractivity contribution >= 4 is 0 Å². The van der Waals surface area contributed by atoms with Gasteiger partial charge in [-0.3, -0.25) is 0 Å². The van der Waals surface area contributed by atoms with E-state index < -0.39 is 0 Å². The first-order valence-corrected chi connectivity index (χ1v) is 8.03. The highest BCUT2D eigenvalue weighted by atomic mass is 16.5. The van der Waals surface area contributed by atoms with E-state index in [1.807, 2.05) is 6.07 Å². The Bertz CT molecular complexity index is 447. The fourth-order valence-corrected chi connectivity index (χ4v) is 3.31. The first-order chi connectivity index (χ1) is 10.1. The van der Waals surface area contributed by atoms with Crippen LogP contribution in [0, 0.1) is 11.8 Å². The number of rotatable bonds is 7. The van der Waals surface area contributed by atoms with Crippen LogP contribution in [0.3, 0.4) is 0 Å². The van der Waals surface area contributed by atoms with Crippen LogP contribution >= 0.6 is 0 Å². The Morgan fingerprint density at radius 2 is 2.10 bits per heavy atom. The predicted octanol–water partition coefficient (Wildman–Crippen LogP) is 3.93. The van der Waals surface area contributed by atoms with Gasteiger partial charge in [0, 0.05) is 18.7 Å². The predicted molar refractivity (Wildman–Crippen MR) is 86.6 cm³/mol. The van der Waals surface area contributed by atoms with Gasteiger partial charge in [0.1, 0.15) is 5.75 Å². The largest absolute Gasteiger partial charge is 0.496 e. The molecule has 2 rings (SSSR count). The number of benzene rings is 1. The smallest absolute Gasteiger partial charge is 0.124 e. The highest BCUT2D eigenvalue weighted by molar-refractivity contribution is 5.38. The molecule has 21 heavy (non-hydrogen) atoms. The van der Waals surface area contributed by atoms with E-state index in [1.54, 1.807) is 14.2 Å². The minimum absolute atomic E-state index is 0.363. The van der Waals surface area contributed by atoms with Crippen molar-refractivity contribution in [1.82, 2.24) is 5.32 Å². The van der Waals surface area contributed by atoms with Crippen LogP contribution in [0.4, 0.5) is 0 Å². The SMILES string of the molecule is COCc1cc(C(C)NCC2CCC(C)C2)ccc1OC. The number of methoxy groups -OCH3 is 2. The van der Waals surface area contributed by atoms with Gasteiger partial charge in [-0.1, -0.05) is 19.4 Å². The minimum Gasteiger partial charge on any atom is -0.496 e. The standard InChI is InChI=1S/C18H29NO2/c1-13-5-6-15(9-13)11-19-14(2)16-7-8-18(21-4)17(10-16)12-20-3/h7-8,10,13-15,19H,5-6,9,11-12H2,1-4H3. The van der Waals surface area contributed by atoms with Gasteiger partial charge in [-0.2, -0.15) is 0 Å². The van der Waals surface area contributed by atoms with E-state index in [2.05, 4.69) is 31.3 Å². The molecule has 1 N–H and O–H groups in total. The average molecular weight is 291 g/mol. The number of nitrogens with one attached hydrogen (secondary N) is 1. The van der Waals surface area contributed by atoms with Gasteiger partial charge in [0.15, 0.2) is 0 Å². The van der Waals surface area contributed by atoms with Gasteiger partial charge in [0.2, 0.25) is 0 Å². The maximum absolute atomic E-state index is 5.39. The van der Waals surface area contributed by atoms with Crippen molar-refractivity contribution in [2.24, 2.45) is 11.8 Å². The van der Waals surface area contributed by atoms with E-state index >= 15 is 0 Å². The number of hydrogen-bond acceptors (Lipinski definition) is 3. The molecule has 0 bridgehead atoms. The zero-order valence-electron chi connectivity index (χ0n) is 13.8. The van der Waals surface area contributed by atoms with E-state index in [9.17, 15) is 0 Å². The van der Waals surface area contributed by atoms with Crippen molar-refractivity contribution in [3.8, 4) is 5.75 Å². The Kier molecular flexibility index (Phi) is 6.07. The van der Waals surface area contributed by atoms with Crippen molar-refractivity contribution in [1.29, 1.82) is 0 Å². The topological polar surface area (TPSA) is 30.5 Å². The molecule has 3 unspecified atom stereocenters. The maximum atomic E-state index is 5.39. The number of hydrogen-bond donors (Lipinski definition) is 1. The summed E-state index contributed by atoms with van der Waals surface area (Å²) in [6.45, 7) is 6.31. The number of ether oxygens (including phenoxy) is 2. The van der Waals surface area contributed by atoms with E-state index in [0.29, 0.717) is 12.6 Å². The van der Waals surface area contributed by atoms with Crippen LogP contribution in [0.2, 0.25) is 0 Å². The Labute approximate surface area is 129 Å². The summed E-state index contributed by atoms with van der Waals surface area (Å²) in [7, 11) is 3.42. The summed E-state index contributed by atoms with van der Waals surface area (Å²) in [6.07, 6.45) is 4.14. The van der Waals surface area contributed by atoms with Crippen LogP contribution < -0.4 is 10.1 Å². The van der Waals surface area contributed by atoms with Gasteiger partial charge in [-0.05, 0) is 55.8 Å². The molecule has 0 amide bonds. The summed E-state index contributed by atoms with van der Waals surface area (Å²) in [5.74, 6) is 2.65. The van der Waals surface area contributed by atoms with Crippen LogP contribution in [-0.2, 0) is 11.3 Å². The lowest BCUT2D eigenvalue weighted by atomic mass is 10.0. The Morgan fingerprint density at radius 3 is 2.71 bits per heavy atom. The lowest BCUT2D eigenvalue weighted by molar-refractivity contribution is 0.181. The van der Waals surface area contributed by atoms with Crippen LogP contribution in [0.1, 0.15) is 50.3 Å². The second-order valence-electron chi connectivity index (χ2n) is 6.42. The van der Waals surface area contributed by atoms with Gasteiger partial charge in [-0.15, -0.1) is 0 Å². The van der Waals surface area contributed by atoms with Gasteiger partial charge in [0.25, 0.3) is 0 Å². The van der Waals surface area contributed by atoms with Gasteiger partial charge < -0.3 is 14.8 Å². The van der Waals surface area contributed by atoms with Gasteiger partial charge >= 0.3 is 0 Å². The lowest BCUT2D eigenvalue weighted by Gasteiger charge is -2.19. The van der Waals surface area contributed by atoms with Crippen LogP contribution in [0.5, 0.6) is 5.75 Å². The summed E-state index contributed by atoms with van der Waals surface area (Å²) >= 11 is 0. The summed E-state index contributed by atoms with van der Waals surface area (Å²) in [5, 5.41) is 3.69. The van der Waals surface area contributed by atoms with Crippen LogP contribution in [0.15, 0.2) is 18.2 Å². The molecule has 1 aliphatic rings. The molecule has 0 heterocycles. The highest BCUT2D eigenvalue weighted by Gasteiger charge is 2.21. The summed E-state index contributed by atoms with van der Waals surface area (Å²) in [5.41, 5.74) is 2.41. The molecule has 0 radical (unpaired) electrons. The van der Waals surface area contributed by atoms with Gasteiger partial charge in [0.05, 0.1) is 13.7 Å². The molecule has 1 saturated carbocycles. The fraction of sp³-hybridized carbons (Fsp3) is 0.667. The average Bonchev–Trinajstić information content (AvgIpc) is 2.90. The van der Waals surface area contributed by atoms with E-state index in [0.717, 1.165) is 29.7 Å². The summed E-state index contributed by atoms with van der Waals surface area (Å²) in [6, 6.07) is 6.74. The summed E-state index contributed by atoms with van der Waals surface area (Å²) < 4.78 is 10.6. The fourth-order valence-electron chi connectivity index (χ4n) is 3.31. The van der Waals surface area contributed by atoms with Crippen molar-refractivity contribution < 1.29 is 9.47 Å². The first-order valence-electron chi connectivity index (χ1n) is 8.03. The Hall–Kier alpha value is -1.06. The zero-order chi connectivity index (χ0) is 15.2. The van der Waals surface area contributed by atoms with Crippen molar-refractivity contribution in [3.05, 3.63) is 29.3 Å². The van der Waals surface area contributed by atoms with Crippen molar-refractivity contribution in [2.75, 3.05) is 20.8 Å². The van der Waals surface area contributed by atoms with Gasteiger partial charge in [-0.25, -0.2) is 0 Å². The van der Waals surface area contributed by atoms with Crippen LogP contribution in [0.25, 0.3) is 0 Å². The van der Waals surface area contributed by atoms with Crippen LogP contribution in [-0.4, -0.2) is 20.8 Å². The molecule has 0 saturated heterocycles. The molecule has 1 aromatic carbocycles. The quantitative estimate of drug-likeness (QED) is 0.825. The maximum Gasteiger partial charge on any atom is 0.124 e. The molecule has 118 valence electrons. The summed E-state index contributed by atoms with van der Waals surface area (Å²) in [4.78, 5) is 0. The third kappa shape index (κ3) is 4.45. The minimum atomic E-state index is 0.363. The molecular weight excluding hydrogens is 262 g/mol. The lowest BCUT2D eigenvalue weighted by Crippen LogP contribution is -2.24. The second kappa shape index (κ2) is 7.81. The third-order valence-corrected chi connectivity index (χ3v) is 4.62. The molecule has 3 heteroatoms. The van der Waals surface area contributed by atoms with E-state index in [1.165, 1.54) is 24.8 Å². The van der Waals surface area contributed by atoms with E-state index in [4.69, 9.17) is 9.47 Å². The molecular formula is C18H29NO2. The molecule has 0 spiro atoms.